The van der Waals surface area contributed by atoms with E-state index in [9.17, 15) is 4.79 Å². The van der Waals surface area contributed by atoms with Crippen LogP contribution in [0.15, 0.2) is 24.4 Å². The van der Waals surface area contributed by atoms with Crippen LogP contribution in [0.2, 0.25) is 0 Å². The van der Waals surface area contributed by atoms with Crippen molar-refractivity contribution < 1.29 is 4.79 Å². The van der Waals surface area contributed by atoms with E-state index in [0.717, 1.165) is 17.0 Å². The summed E-state index contributed by atoms with van der Waals surface area (Å²) in [5.74, 6) is 0.0708. The molecule has 0 unspecified atom stereocenters. The average Bonchev–Trinajstić information content (AvgIpc) is 2.65. The summed E-state index contributed by atoms with van der Waals surface area (Å²) in [7, 11) is 3.51. The molecule has 5 nitrogen and oxygen atoms in total. The third-order valence-corrected chi connectivity index (χ3v) is 2.90. The molecule has 5 heteroatoms. The molecule has 0 bridgehead atoms. The highest BCUT2D eigenvalue weighted by molar-refractivity contribution is 5.77. The van der Waals surface area contributed by atoms with Crippen molar-refractivity contribution in [1.82, 2.24) is 19.6 Å². The molecule has 2 heterocycles. The smallest absolute Gasteiger partial charge is 0.236 e. The first kappa shape index (κ1) is 12.6. The van der Waals surface area contributed by atoms with E-state index in [0.29, 0.717) is 13.1 Å². The minimum atomic E-state index is 0.0708. The van der Waals surface area contributed by atoms with Crippen molar-refractivity contribution in [3.63, 3.8) is 0 Å². The van der Waals surface area contributed by atoms with Crippen molar-refractivity contribution in [1.29, 1.82) is 0 Å². The highest BCUT2D eigenvalue weighted by atomic mass is 16.2. The van der Waals surface area contributed by atoms with Gasteiger partial charge in [-0.05, 0) is 19.1 Å². The van der Waals surface area contributed by atoms with E-state index in [-0.39, 0.29) is 5.91 Å². The summed E-state index contributed by atoms with van der Waals surface area (Å²) in [6, 6.07) is 5.92. The fraction of sp³-hybridized carbons (Fsp3) is 0.385. The van der Waals surface area contributed by atoms with Crippen LogP contribution in [0.4, 0.5) is 0 Å². The fourth-order valence-electron chi connectivity index (χ4n) is 1.82. The molecule has 0 atom stereocenters. The normalized spacial score (nSPS) is 10.8. The van der Waals surface area contributed by atoms with Gasteiger partial charge >= 0.3 is 0 Å². The first-order valence-corrected chi connectivity index (χ1v) is 5.93. The lowest BCUT2D eigenvalue weighted by molar-refractivity contribution is -0.127. The number of rotatable bonds is 4. The summed E-state index contributed by atoms with van der Waals surface area (Å²) in [6.45, 7) is 2.96. The molecule has 2 aromatic rings. The monoisotopic (exact) mass is 246 g/mol. The Bertz CT molecular complexity index is 559. The summed E-state index contributed by atoms with van der Waals surface area (Å²) in [6.07, 6.45) is 1.99. The lowest BCUT2D eigenvalue weighted by Gasteiger charge is -2.11. The lowest BCUT2D eigenvalue weighted by atomic mass is 10.3. The molecule has 0 aliphatic rings. The number of aromatic nitrogens is 2. The van der Waals surface area contributed by atoms with E-state index in [4.69, 9.17) is 0 Å². The van der Waals surface area contributed by atoms with E-state index in [1.54, 1.807) is 19.0 Å². The minimum Gasteiger partial charge on any atom is -0.348 e. The maximum atomic E-state index is 11.5. The first-order chi connectivity index (χ1) is 8.59. The molecule has 1 amide bonds. The van der Waals surface area contributed by atoms with Crippen LogP contribution in [0, 0.1) is 6.92 Å². The standard InChI is InChI=1S/C13H18N4O/c1-10-11(8-14-9-13(18)16(2)3)17-7-5-4-6-12(17)15-10/h4-7,14H,8-9H2,1-3H3. The molecule has 0 aromatic carbocycles. The molecule has 0 saturated carbocycles. The largest absolute Gasteiger partial charge is 0.348 e. The number of hydrogen-bond acceptors (Lipinski definition) is 3. The van der Waals surface area contributed by atoms with Crippen LogP contribution in [0.3, 0.4) is 0 Å². The maximum Gasteiger partial charge on any atom is 0.236 e. The number of nitrogens with zero attached hydrogens (tertiary/aromatic N) is 3. The molecule has 0 spiro atoms. The zero-order valence-corrected chi connectivity index (χ0v) is 11.0. The van der Waals surface area contributed by atoms with Crippen molar-refractivity contribution in [2.75, 3.05) is 20.6 Å². The number of hydrogen-bond donors (Lipinski definition) is 1. The van der Waals surface area contributed by atoms with Crippen LogP contribution in [-0.2, 0) is 11.3 Å². The molecule has 0 aliphatic carbocycles. The second kappa shape index (κ2) is 5.18. The van der Waals surface area contributed by atoms with Gasteiger partial charge in [0.2, 0.25) is 5.91 Å². The predicted octanol–water partition coefficient (Wildman–Crippen LogP) is 0.821. The Morgan fingerprint density at radius 1 is 1.44 bits per heavy atom. The highest BCUT2D eigenvalue weighted by Crippen LogP contribution is 2.11. The van der Waals surface area contributed by atoms with Crippen LogP contribution >= 0.6 is 0 Å². The van der Waals surface area contributed by atoms with Crippen LogP contribution < -0.4 is 5.32 Å². The molecule has 96 valence electrons. The Kier molecular flexibility index (Phi) is 3.62. The zero-order chi connectivity index (χ0) is 13.1. The van der Waals surface area contributed by atoms with Gasteiger partial charge in [-0.2, -0.15) is 0 Å². The Morgan fingerprint density at radius 2 is 2.22 bits per heavy atom. The number of carbonyl (C=O) groups excluding carboxylic acids is 1. The Labute approximate surface area is 106 Å². The van der Waals surface area contributed by atoms with Gasteiger partial charge in [-0.1, -0.05) is 6.07 Å². The number of nitrogens with one attached hydrogen (secondary N) is 1. The SMILES string of the molecule is Cc1nc2ccccn2c1CNCC(=O)N(C)C. The Balaban J connectivity index is 2.08. The topological polar surface area (TPSA) is 49.6 Å². The summed E-state index contributed by atoms with van der Waals surface area (Å²) in [4.78, 5) is 17.5. The van der Waals surface area contributed by atoms with Crippen molar-refractivity contribution in [3.05, 3.63) is 35.8 Å². The van der Waals surface area contributed by atoms with Gasteiger partial charge in [0.25, 0.3) is 0 Å². The number of carbonyl (C=O) groups is 1. The second-order valence-corrected chi connectivity index (χ2v) is 4.46. The van der Waals surface area contributed by atoms with Gasteiger partial charge in [0, 0.05) is 26.8 Å². The highest BCUT2D eigenvalue weighted by Gasteiger charge is 2.08. The third kappa shape index (κ3) is 2.51. The average molecular weight is 246 g/mol. The Hall–Kier alpha value is -1.88. The first-order valence-electron chi connectivity index (χ1n) is 5.93. The van der Waals surface area contributed by atoms with Crippen molar-refractivity contribution in [2.24, 2.45) is 0 Å². The molecule has 0 saturated heterocycles. The number of fused-ring (bicyclic) bond motifs is 1. The molecule has 2 rings (SSSR count). The van der Waals surface area contributed by atoms with E-state index >= 15 is 0 Å². The third-order valence-electron chi connectivity index (χ3n) is 2.90. The molecule has 1 N–H and O–H groups in total. The van der Waals surface area contributed by atoms with Gasteiger partial charge in [0.05, 0.1) is 17.9 Å². The van der Waals surface area contributed by atoms with Gasteiger partial charge in [-0.3, -0.25) is 4.79 Å². The minimum absolute atomic E-state index is 0.0708. The fourth-order valence-corrected chi connectivity index (χ4v) is 1.82. The molecule has 0 aliphatic heterocycles. The number of likely N-dealkylation sites (N-methyl/N-ethyl adjacent to an activating group) is 1. The van der Waals surface area contributed by atoms with Gasteiger partial charge in [0.1, 0.15) is 5.65 Å². The molecule has 2 aromatic heterocycles. The van der Waals surface area contributed by atoms with Crippen LogP contribution in [-0.4, -0.2) is 40.8 Å². The predicted molar refractivity (Wildman–Crippen MR) is 70.3 cm³/mol. The van der Waals surface area contributed by atoms with Gasteiger partial charge in [-0.25, -0.2) is 4.98 Å². The van der Waals surface area contributed by atoms with Crippen LogP contribution in [0.5, 0.6) is 0 Å². The number of imidazole rings is 1. The molecule has 0 fully saturated rings. The molecule has 18 heavy (non-hydrogen) atoms. The maximum absolute atomic E-state index is 11.5. The van der Waals surface area contributed by atoms with Crippen molar-refractivity contribution >= 4 is 11.6 Å². The summed E-state index contributed by atoms with van der Waals surface area (Å²) in [5.41, 5.74) is 3.02. The molecular weight excluding hydrogens is 228 g/mol. The van der Waals surface area contributed by atoms with Gasteiger partial charge < -0.3 is 14.6 Å². The second-order valence-electron chi connectivity index (χ2n) is 4.46. The van der Waals surface area contributed by atoms with Gasteiger partial charge in [-0.15, -0.1) is 0 Å². The summed E-state index contributed by atoms with van der Waals surface area (Å²) in [5, 5.41) is 3.15. The number of aryl methyl sites for hydroxylation is 1. The quantitative estimate of drug-likeness (QED) is 0.869. The summed E-state index contributed by atoms with van der Waals surface area (Å²) >= 11 is 0. The van der Waals surface area contributed by atoms with Crippen molar-refractivity contribution in [3.8, 4) is 0 Å². The summed E-state index contributed by atoms with van der Waals surface area (Å²) < 4.78 is 2.04. The van der Waals surface area contributed by atoms with Crippen LogP contribution in [0.1, 0.15) is 11.4 Å². The van der Waals surface area contributed by atoms with E-state index < -0.39 is 0 Å². The van der Waals surface area contributed by atoms with E-state index in [2.05, 4.69) is 10.3 Å². The van der Waals surface area contributed by atoms with E-state index in [1.807, 2.05) is 35.7 Å². The number of amides is 1. The van der Waals surface area contributed by atoms with E-state index in [1.165, 1.54) is 0 Å². The van der Waals surface area contributed by atoms with Crippen molar-refractivity contribution in [2.45, 2.75) is 13.5 Å². The lowest BCUT2D eigenvalue weighted by Crippen LogP contribution is -2.32. The van der Waals surface area contributed by atoms with Crippen LogP contribution in [0.25, 0.3) is 5.65 Å². The van der Waals surface area contributed by atoms with Gasteiger partial charge in [0.15, 0.2) is 0 Å². The number of pyridine rings is 1. The zero-order valence-electron chi connectivity index (χ0n) is 11.0. The Morgan fingerprint density at radius 3 is 2.94 bits per heavy atom. The molecule has 0 radical (unpaired) electrons. The molecular formula is C13H18N4O.